The van der Waals surface area contributed by atoms with Gasteiger partial charge in [0.05, 0.1) is 0 Å². The Morgan fingerprint density at radius 2 is 1.22 bits per heavy atom. The fourth-order valence-electron chi connectivity index (χ4n) is 7.89. The van der Waals surface area contributed by atoms with E-state index in [0.717, 1.165) is 50.7 Å². The molecule has 0 unspecified atom stereocenters. The van der Waals surface area contributed by atoms with Crippen molar-refractivity contribution in [1.82, 2.24) is 0 Å². The van der Waals surface area contributed by atoms with E-state index >= 15 is 0 Å². The molecule has 0 saturated heterocycles. The van der Waals surface area contributed by atoms with E-state index in [1.54, 1.807) is 0 Å². The molecule has 8 aromatic rings. The molecule has 4 heteroatoms. The molecule has 0 amide bonds. The first-order chi connectivity index (χ1) is 24.0. The number of aryl methyl sites for hydroxylation is 2. The third-order valence-electron chi connectivity index (χ3n) is 10.3. The Balaban J connectivity index is 1.30. The van der Waals surface area contributed by atoms with Crippen molar-refractivity contribution in [2.24, 2.45) is 0 Å². The van der Waals surface area contributed by atoms with Crippen molar-refractivity contribution in [3.63, 3.8) is 0 Å². The molecule has 2 heterocycles. The second kappa shape index (κ2) is 11.5. The molecule has 3 nitrogen and oxygen atoms in total. The van der Waals surface area contributed by atoms with Gasteiger partial charge in [-0.05, 0) is 0 Å². The van der Waals surface area contributed by atoms with Gasteiger partial charge in [-0.25, -0.2) is 0 Å². The predicted octanol–water partition coefficient (Wildman–Crippen LogP) is 11.1. The topological polar surface area (TPSA) is 25.6 Å². The number of furan rings is 1. The van der Waals surface area contributed by atoms with Crippen molar-refractivity contribution in [3.8, 4) is 22.6 Å². The maximum atomic E-state index is 6.92. The first-order valence-corrected chi connectivity index (χ1v) is 19.4. The van der Waals surface area contributed by atoms with Gasteiger partial charge in [0, 0.05) is 0 Å². The molecule has 49 heavy (non-hydrogen) atoms. The Kier molecular flexibility index (Phi) is 6.93. The van der Waals surface area contributed by atoms with Crippen molar-refractivity contribution in [2.75, 3.05) is 11.6 Å². The van der Waals surface area contributed by atoms with E-state index in [2.05, 4.69) is 171 Å². The van der Waals surface area contributed by atoms with E-state index in [1.807, 2.05) is 12.1 Å². The van der Waals surface area contributed by atoms with Crippen molar-refractivity contribution >= 4 is 62.2 Å². The van der Waals surface area contributed by atoms with Crippen LogP contribution in [0.4, 0.5) is 17.3 Å². The van der Waals surface area contributed by atoms with E-state index in [4.69, 9.17) is 9.15 Å². The van der Waals surface area contributed by atoms with Gasteiger partial charge in [-0.2, -0.15) is 0 Å². The molecule has 238 valence electrons. The monoisotopic (exact) mass is 653 g/mol. The van der Waals surface area contributed by atoms with Crippen molar-refractivity contribution in [3.05, 3.63) is 169 Å². The van der Waals surface area contributed by atoms with Crippen molar-refractivity contribution < 1.29 is 9.15 Å². The number of para-hydroxylation sites is 2. The molecule has 7 aromatic carbocycles. The minimum atomic E-state index is -2.42. The third kappa shape index (κ3) is 4.61. The standard InChI is InChI=1S/C45H36NO2P/c1-30-16-10-11-22-35(30)36-23-14-17-32-28-41-45(31(2)44(32)36)46(38-24-12-13-25-40(38)47-41)43-29-37-39(48-43)26-15-27-42(37)49(3,33-18-6-4-7-19-33)34-20-8-5-9-21-34/h4-29,49H,1-3H3. The molecule has 0 N–H and O–H groups in total. The number of anilines is 3. The summed E-state index contributed by atoms with van der Waals surface area (Å²) in [5, 5.41) is 7.57. The fourth-order valence-corrected chi connectivity index (χ4v) is 11.7. The van der Waals surface area contributed by atoms with Gasteiger partial charge in [-0.15, -0.1) is 0 Å². The zero-order valence-electron chi connectivity index (χ0n) is 27.8. The summed E-state index contributed by atoms with van der Waals surface area (Å²) in [7, 11) is -2.42. The van der Waals surface area contributed by atoms with Crippen LogP contribution in [0.25, 0.3) is 32.9 Å². The van der Waals surface area contributed by atoms with Crippen LogP contribution < -0.4 is 25.6 Å². The Bertz CT molecular complexity index is 2480. The number of hydrogen-bond donors (Lipinski definition) is 0. The Morgan fingerprint density at radius 3 is 1.98 bits per heavy atom. The molecule has 0 fully saturated rings. The number of nitrogens with zero attached hydrogens (tertiary/aromatic N) is 1. The van der Waals surface area contributed by atoms with E-state index < -0.39 is 7.26 Å². The summed E-state index contributed by atoms with van der Waals surface area (Å²) < 4.78 is 13.6. The molecular formula is C45H36NO2P. The van der Waals surface area contributed by atoms with Gasteiger partial charge in [-0.1, -0.05) is 6.07 Å². The summed E-state index contributed by atoms with van der Waals surface area (Å²) in [6, 6.07) is 56.4. The molecule has 0 radical (unpaired) electrons. The molecule has 9 rings (SSSR count). The van der Waals surface area contributed by atoms with Crippen molar-refractivity contribution in [2.45, 2.75) is 13.8 Å². The minimum absolute atomic E-state index is 0.771. The second-order valence-electron chi connectivity index (χ2n) is 13.1. The molecular weight excluding hydrogens is 617 g/mol. The molecule has 1 aromatic heterocycles. The Morgan fingerprint density at radius 1 is 0.571 bits per heavy atom. The van der Waals surface area contributed by atoms with Crippen LogP contribution in [0.3, 0.4) is 0 Å². The van der Waals surface area contributed by atoms with E-state index in [-0.39, 0.29) is 0 Å². The summed E-state index contributed by atoms with van der Waals surface area (Å²) in [6.45, 7) is 6.86. The maximum absolute atomic E-state index is 6.92. The van der Waals surface area contributed by atoms with Gasteiger partial charge < -0.3 is 0 Å². The van der Waals surface area contributed by atoms with Crippen molar-refractivity contribution in [1.29, 1.82) is 0 Å². The summed E-state index contributed by atoms with van der Waals surface area (Å²) in [4.78, 5) is 2.27. The first-order valence-electron chi connectivity index (χ1n) is 16.9. The second-order valence-corrected chi connectivity index (χ2v) is 17.1. The molecule has 0 aliphatic carbocycles. The molecule has 1 aliphatic rings. The number of hydrogen-bond acceptors (Lipinski definition) is 3. The van der Waals surface area contributed by atoms with Crippen LogP contribution in [-0.4, -0.2) is 6.66 Å². The van der Waals surface area contributed by atoms with Crippen LogP contribution in [0.1, 0.15) is 11.1 Å². The molecule has 0 saturated carbocycles. The molecule has 0 spiro atoms. The van der Waals surface area contributed by atoms with Crippen LogP contribution in [0, 0.1) is 13.8 Å². The van der Waals surface area contributed by atoms with E-state index in [9.17, 15) is 0 Å². The summed E-state index contributed by atoms with van der Waals surface area (Å²) in [5.74, 6) is 2.39. The zero-order chi connectivity index (χ0) is 33.1. The van der Waals surface area contributed by atoms with Crippen LogP contribution in [0.5, 0.6) is 11.5 Å². The van der Waals surface area contributed by atoms with Gasteiger partial charge in [-0.3, -0.25) is 0 Å². The number of ether oxygens (including phenoxy) is 1. The van der Waals surface area contributed by atoms with Crippen LogP contribution in [0.2, 0.25) is 0 Å². The van der Waals surface area contributed by atoms with Gasteiger partial charge in [0.15, 0.2) is 0 Å². The Labute approximate surface area is 287 Å². The molecule has 1 aliphatic heterocycles. The average Bonchev–Trinajstić information content (AvgIpc) is 3.59. The predicted molar refractivity (Wildman–Crippen MR) is 209 cm³/mol. The number of benzene rings is 7. The first kappa shape index (κ1) is 29.5. The summed E-state index contributed by atoms with van der Waals surface area (Å²) in [5.41, 5.74) is 7.68. The van der Waals surface area contributed by atoms with E-state index in [0.29, 0.717) is 0 Å². The van der Waals surface area contributed by atoms with Crippen LogP contribution in [-0.2, 0) is 0 Å². The van der Waals surface area contributed by atoms with Gasteiger partial charge in [0.2, 0.25) is 0 Å². The SMILES string of the molecule is Cc1ccccc1-c1cccc2cc3c(c(C)c12)N(c1cc2c([PH](C)(c4ccccc4)c4ccccc4)cccc2o1)c1ccccc1O3. The molecule has 0 atom stereocenters. The van der Waals surface area contributed by atoms with Gasteiger partial charge in [0.1, 0.15) is 0 Å². The van der Waals surface area contributed by atoms with Crippen LogP contribution >= 0.6 is 7.26 Å². The zero-order valence-corrected chi connectivity index (χ0v) is 28.8. The van der Waals surface area contributed by atoms with E-state index in [1.165, 1.54) is 38.0 Å². The number of rotatable bonds is 5. The summed E-state index contributed by atoms with van der Waals surface area (Å²) >= 11 is 0. The summed E-state index contributed by atoms with van der Waals surface area (Å²) in [6.07, 6.45) is 0. The normalized spacial score (nSPS) is 12.8. The Hall–Kier alpha value is -5.63. The van der Waals surface area contributed by atoms with Gasteiger partial charge in [0.25, 0.3) is 0 Å². The third-order valence-corrected chi connectivity index (χ3v) is 14.8. The fraction of sp³-hybridized carbons (Fsp3) is 0.0667. The van der Waals surface area contributed by atoms with Crippen LogP contribution in [0.15, 0.2) is 162 Å². The quantitative estimate of drug-likeness (QED) is 0.173. The average molecular weight is 654 g/mol. The van der Waals surface area contributed by atoms with Gasteiger partial charge >= 0.3 is 282 Å². The molecule has 0 bridgehead atoms. The number of fused-ring (bicyclic) bond motifs is 4.